The number of alkyl halides is 3. The number of benzene rings is 1. The normalized spacial score (nSPS) is 14.0. The number of amides is 1. The maximum absolute atomic E-state index is 13.2. The second kappa shape index (κ2) is 8.59. The summed E-state index contributed by atoms with van der Waals surface area (Å²) in [4.78, 5) is 12.0. The van der Waals surface area contributed by atoms with Crippen LogP contribution in [0.4, 0.5) is 13.2 Å². The van der Waals surface area contributed by atoms with Gasteiger partial charge < -0.3 is 5.32 Å². The van der Waals surface area contributed by atoms with Crippen LogP contribution < -0.4 is 5.32 Å². The first-order chi connectivity index (χ1) is 12.9. The van der Waals surface area contributed by atoms with Gasteiger partial charge in [0.2, 0.25) is 5.91 Å². The number of aromatic nitrogens is 2. The van der Waals surface area contributed by atoms with Crippen molar-refractivity contribution in [3.05, 3.63) is 52.8 Å². The van der Waals surface area contributed by atoms with Gasteiger partial charge in [-0.05, 0) is 44.1 Å². The lowest BCUT2D eigenvalue weighted by molar-refractivity contribution is -0.142. The molecule has 0 aliphatic heterocycles. The summed E-state index contributed by atoms with van der Waals surface area (Å²) >= 11 is 0. The van der Waals surface area contributed by atoms with Crippen molar-refractivity contribution < 1.29 is 18.0 Å². The van der Waals surface area contributed by atoms with Crippen molar-refractivity contribution in [2.75, 3.05) is 6.54 Å². The zero-order chi connectivity index (χ0) is 19.3. The average Bonchev–Trinajstić information content (AvgIpc) is 3.02. The minimum Gasteiger partial charge on any atom is -0.354 e. The molecule has 1 N–H and O–H groups in total. The lowest BCUT2D eigenvalue weighted by atomic mass is 9.95. The summed E-state index contributed by atoms with van der Waals surface area (Å²) in [6.07, 6.45) is 0.232. The predicted octanol–water partition coefficient (Wildman–Crippen LogP) is 3.92. The number of hydrogen-bond acceptors (Lipinski definition) is 2. The lowest BCUT2D eigenvalue weighted by Gasteiger charge is -2.15. The van der Waals surface area contributed by atoms with E-state index < -0.39 is 11.9 Å². The van der Waals surface area contributed by atoms with E-state index in [9.17, 15) is 18.0 Å². The fourth-order valence-corrected chi connectivity index (χ4v) is 3.57. The number of hydrogen-bond donors (Lipinski definition) is 1. The highest BCUT2D eigenvalue weighted by molar-refractivity contribution is 5.75. The molecule has 0 saturated heterocycles. The van der Waals surface area contributed by atoms with Crippen LogP contribution in [-0.4, -0.2) is 22.2 Å². The summed E-state index contributed by atoms with van der Waals surface area (Å²) in [6, 6.07) is 9.94. The molecule has 0 fully saturated rings. The number of carbonyl (C=O) groups excluding carboxylic acids is 1. The molecule has 0 radical (unpaired) electrons. The van der Waals surface area contributed by atoms with Gasteiger partial charge in [-0.25, -0.2) is 0 Å². The smallest absolute Gasteiger partial charge is 0.354 e. The number of halogens is 3. The van der Waals surface area contributed by atoms with E-state index in [0.717, 1.165) is 25.7 Å². The first-order valence-electron chi connectivity index (χ1n) is 9.41. The van der Waals surface area contributed by atoms with Crippen molar-refractivity contribution >= 4 is 5.91 Å². The number of rotatable bonds is 7. The highest BCUT2D eigenvalue weighted by Crippen LogP contribution is 2.35. The van der Waals surface area contributed by atoms with E-state index in [0.29, 0.717) is 30.5 Å². The SMILES string of the molecule is O=C(CCCc1ccccc1)NCCn1nc(C(F)(F)F)c2c1CCCC2. The van der Waals surface area contributed by atoms with Crippen LogP contribution in [0.1, 0.15) is 48.2 Å². The first kappa shape index (κ1) is 19.5. The van der Waals surface area contributed by atoms with Crippen molar-refractivity contribution in [1.82, 2.24) is 15.1 Å². The minimum atomic E-state index is -4.42. The molecule has 146 valence electrons. The summed E-state index contributed by atoms with van der Waals surface area (Å²) in [5.41, 5.74) is 1.44. The number of carbonyl (C=O) groups is 1. The molecule has 3 rings (SSSR count). The Morgan fingerprint density at radius 1 is 1.15 bits per heavy atom. The largest absolute Gasteiger partial charge is 0.435 e. The Morgan fingerprint density at radius 3 is 2.63 bits per heavy atom. The van der Waals surface area contributed by atoms with Crippen LogP contribution >= 0.6 is 0 Å². The summed E-state index contributed by atoms with van der Waals surface area (Å²) in [5, 5.41) is 6.59. The molecule has 0 atom stereocenters. The molecule has 1 aromatic heterocycles. The Balaban J connectivity index is 1.49. The average molecular weight is 379 g/mol. The van der Waals surface area contributed by atoms with E-state index in [4.69, 9.17) is 0 Å². The van der Waals surface area contributed by atoms with Gasteiger partial charge >= 0.3 is 6.18 Å². The number of fused-ring (bicyclic) bond motifs is 1. The Hall–Kier alpha value is -2.31. The van der Waals surface area contributed by atoms with Gasteiger partial charge in [0.25, 0.3) is 0 Å². The molecule has 1 aromatic carbocycles. The molecular formula is C20H24F3N3O. The molecule has 4 nitrogen and oxygen atoms in total. The van der Waals surface area contributed by atoms with Crippen molar-refractivity contribution in [3.8, 4) is 0 Å². The molecular weight excluding hydrogens is 355 g/mol. The van der Waals surface area contributed by atoms with Gasteiger partial charge in [0.15, 0.2) is 5.69 Å². The molecule has 27 heavy (non-hydrogen) atoms. The van der Waals surface area contributed by atoms with Crippen LogP contribution in [0, 0.1) is 0 Å². The van der Waals surface area contributed by atoms with Crippen LogP contribution in [0.25, 0.3) is 0 Å². The van der Waals surface area contributed by atoms with E-state index in [1.54, 1.807) is 0 Å². The van der Waals surface area contributed by atoms with E-state index >= 15 is 0 Å². The predicted molar refractivity (Wildman–Crippen MR) is 96.3 cm³/mol. The van der Waals surface area contributed by atoms with Crippen molar-refractivity contribution in [2.24, 2.45) is 0 Å². The summed E-state index contributed by atoms with van der Waals surface area (Å²) in [5.74, 6) is -0.0806. The summed E-state index contributed by atoms with van der Waals surface area (Å²) in [7, 11) is 0. The zero-order valence-corrected chi connectivity index (χ0v) is 15.2. The van der Waals surface area contributed by atoms with Crippen LogP contribution in [0.5, 0.6) is 0 Å². The van der Waals surface area contributed by atoms with Crippen LogP contribution in [0.3, 0.4) is 0 Å². The quantitative estimate of drug-likeness (QED) is 0.793. The zero-order valence-electron chi connectivity index (χ0n) is 15.2. The van der Waals surface area contributed by atoms with Crippen LogP contribution in [0.2, 0.25) is 0 Å². The van der Waals surface area contributed by atoms with Crippen molar-refractivity contribution in [1.29, 1.82) is 0 Å². The molecule has 2 aromatic rings. The van der Waals surface area contributed by atoms with Gasteiger partial charge in [-0.15, -0.1) is 0 Å². The third-order valence-electron chi connectivity index (χ3n) is 4.88. The standard InChI is InChI=1S/C20H24F3N3O/c21-20(22,23)19-16-10-4-5-11-17(16)26(25-19)14-13-24-18(27)12-6-9-15-7-2-1-3-8-15/h1-3,7-8H,4-6,9-14H2,(H,24,27). The topological polar surface area (TPSA) is 46.9 Å². The number of nitrogens with one attached hydrogen (secondary N) is 1. The van der Waals surface area contributed by atoms with Crippen LogP contribution in [0.15, 0.2) is 30.3 Å². The van der Waals surface area contributed by atoms with Crippen LogP contribution in [-0.2, 0) is 36.8 Å². The van der Waals surface area contributed by atoms with Gasteiger partial charge in [-0.1, -0.05) is 30.3 Å². The Morgan fingerprint density at radius 2 is 1.89 bits per heavy atom. The Kier molecular flexibility index (Phi) is 6.19. The summed E-state index contributed by atoms with van der Waals surface area (Å²) < 4.78 is 41.0. The maximum Gasteiger partial charge on any atom is 0.435 e. The molecule has 1 aliphatic rings. The first-order valence-corrected chi connectivity index (χ1v) is 9.41. The molecule has 1 aliphatic carbocycles. The maximum atomic E-state index is 13.2. The molecule has 1 amide bonds. The van der Waals surface area contributed by atoms with Gasteiger partial charge in [0.1, 0.15) is 0 Å². The Labute approximate surface area is 156 Å². The molecule has 0 bridgehead atoms. The second-order valence-electron chi connectivity index (χ2n) is 6.89. The molecule has 0 unspecified atom stereocenters. The van der Waals surface area contributed by atoms with E-state index in [1.807, 2.05) is 30.3 Å². The lowest BCUT2D eigenvalue weighted by Crippen LogP contribution is -2.28. The third kappa shape index (κ3) is 5.11. The number of nitrogens with zero attached hydrogens (tertiary/aromatic N) is 2. The molecule has 0 saturated carbocycles. The second-order valence-corrected chi connectivity index (χ2v) is 6.89. The third-order valence-corrected chi connectivity index (χ3v) is 4.88. The fourth-order valence-electron chi connectivity index (χ4n) is 3.57. The molecule has 1 heterocycles. The number of aryl methyl sites for hydroxylation is 1. The van der Waals surface area contributed by atoms with Gasteiger partial charge in [-0.3, -0.25) is 9.48 Å². The van der Waals surface area contributed by atoms with E-state index in [-0.39, 0.29) is 19.0 Å². The Bertz CT molecular complexity index is 769. The van der Waals surface area contributed by atoms with E-state index in [1.165, 1.54) is 10.2 Å². The monoisotopic (exact) mass is 379 g/mol. The highest BCUT2D eigenvalue weighted by Gasteiger charge is 2.39. The fraction of sp³-hybridized carbons (Fsp3) is 0.500. The molecule has 0 spiro atoms. The molecule has 7 heteroatoms. The minimum absolute atomic E-state index is 0.0806. The van der Waals surface area contributed by atoms with Gasteiger partial charge in [0, 0.05) is 24.2 Å². The van der Waals surface area contributed by atoms with Gasteiger partial charge in [0.05, 0.1) is 6.54 Å². The summed E-state index contributed by atoms with van der Waals surface area (Å²) in [6.45, 7) is 0.554. The van der Waals surface area contributed by atoms with E-state index in [2.05, 4.69) is 10.4 Å². The van der Waals surface area contributed by atoms with Crippen molar-refractivity contribution in [2.45, 2.75) is 57.7 Å². The highest BCUT2D eigenvalue weighted by atomic mass is 19.4. The van der Waals surface area contributed by atoms with Crippen molar-refractivity contribution in [3.63, 3.8) is 0 Å². The van der Waals surface area contributed by atoms with Gasteiger partial charge in [-0.2, -0.15) is 18.3 Å².